The van der Waals surface area contributed by atoms with Crippen LogP contribution in [0.4, 0.5) is 10.1 Å². The highest BCUT2D eigenvalue weighted by Crippen LogP contribution is 2.23. The van der Waals surface area contributed by atoms with Crippen molar-refractivity contribution >= 4 is 15.7 Å². The minimum atomic E-state index is -3.77. The van der Waals surface area contributed by atoms with Crippen molar-refractivity contribution in [2.24, 2.45) is 0 Å². The molecule has 2 N–H and O–H groups in total. The predicted molar refractivity (Wildman–Crippen MR) is 78.2 cm³/mol. The Morgan fingerprint density at radius 2 is 1.95 bits per heavy atom. The molecule has 2 rings (SSSR count). The minimum absolute atomic E-state index is 0.0785. The maximum atomic E-state index is 13.2. The summed E-state index contributed by atoms with van der Waals surface area (Å²) in [5, 5.41) is 2.89. The maximum Gasteiger partial charge on any atom is 0.265 e. The van der Waals surface area contributed by atoms with Crippen LogP contribution in [0.25, 0.3) is 0 Å². The Balaban J connectivity index is 2.31. The molecule has 5 nitrogen and oxygen atoms in total. The zero-order chi connectivity index (χ0) is 15.6. The Labute approximate surface area is 123 Å². The van der Waals surface area contributed by atoms with Crippen molar-refractivity contribution in [2.45, 2.75) is 25.3 Å². The van der Waals surface area contributed by atoms with Gasteiger partial charge in [-0.25, -0.2) is 12.8 Å². The molecule has 0 fully saturated rings. The van der Waals surface area contributed by atoms with Gasteiger partial charge in [-0.15, -0.1) is 0 Å². The number of anilines is 1. The van der Waals surface area contributed by atoms with Gasteiger partial charge in [0.15, 0.2) is 0 Å². The van der Waals surface area contributed by atoms with Crippen molar-refractivity contribution in [3.05, 3.63) is 47.2 Å². The van der Waals surface area contributed by atoms with Crippen LogP contribution < -0.4 is 10.0 Å². The molecule has 21 heavy (non-hydrogen) atoms. The third kappa shape index (κ3) is 3.43. The van der Waals surface area contributed by atoms with E-state index in [-0.39, 0.29) is 10.7 Å². The number of rotatable bonds is 5. The topological polar surface area (TPSA) is 71.3 Å². The third-order valence-corrected chi connectivity index (χ3v) is 4.46. The van der Waals surface area contributed by atoms with Crippen molar-refractivity contribution in [1.82, 2.24) is 5.32 Å². The highest BCUT2D eigenvalue weighted by atomic mass is 32.2. The number of hydrogen-bond acceptors (Lipinski definition) is 4. The average Bonchev–Trinajstić information content (AvgIpc) is 2.76. The molecule has 7 heteroatoms. The van der Waals surface area contributed by atoms with Crippen molar-refractivity contribution in [3.63, 3.8) is 0 Å². The minimum Gasteiger partial charge on any atom is -0.464 e. The SMILES string of the molecule is CNCc1cc(S(=O)(=O)Nc2ccc(F)c(C)c2)c(C)o1. The molecule has 0 saturated carbocycles. The zero-order valence-electron chi connectivity index (χ0n) is 12.0. The van der Waals surface area contributed by atoms with Crippen molar-refractivity contribution in [3.8, 4) is 0 Å². The van der Waals surface area contributed by atoms with Crippen LogP contribution in [0.3, 0.4) is 0 Å². The first-order chi connectivity index (χ1) is 9.83. The molecule has 1 heterocycles. The van der Waals surface area contributed by atoms with Gasteiger partial charge < -0.3 is 9.73 Å². The van der Waals surface area contributed by atoms with Crippen LogP contribution >= 0.6 is 0 Å². The Morgan fingerprint density at radius 3 is 2.57 bits per heavy atom. The molecule has 0 unspecified atom stereocenters. The van der Waals surface area contributed by atoms with Crippen molar-refractivity contribution < 1.29 is 17.2 Å². The van der Waals surface area contributed by atoms with E-state index >= 15 is 0 Å². The lowest BCUT2D eigenvalue weighted by molar-refractivity contribution is 0.466. The van der Waals surface area contributed by atoms with Crippen LogP contribution in [0.1, 0.15) is 17.1 Å². The van der Waals surface area contributed by atoms with E-state index in [9.17, 15) is 12.8 Å². The summed E-state index contributed by atoms with van der Waals surface area (Å²) in [4.78, 5) is 0.0785. The molecule has 1 aromatic carbocycles. The predicted octanol–water partition coefficient (Wildman–Crippen LogP) is 2.56. The Kier molecular flexibility index (Phi) is 4.34. The van der Waals surface area contributed by atoms with E-state index in [2.05, 4.69) is 10.0 Å². The number of halogens is 1. The summed E-state index contributed by atoms with van der Waals surface area (Å²) in [5.74, 6) is 0.464. The van der Waals surface area contributed by atoms with E-state index in [1.165, 1.54) is 24.3 Å². The summed E-state index contributed by atoms with van der Waals surface area (Å²) in [6, 6.07) is 5.52. The number of furan rings is 1. The van der Waals surface area contributed by atoms with Gasteiger partial charge in [0.1, 0.15) is 22.2 Å². The molecule has 0 spiro atoms. The lowest BCUT2D eigenvalue weighted by Gasteiger charge is -2.08. The molecule has 2 aromatic rings. The standard InChI is InChI=1S/C14H17FN2O3S/c1-9-6-11(4-5-13(9)15)17-21(18,19)14-7-12(8-16-3)20-10(14)2/h4-7,16-17H,8H2,1-3H3. The van der Waals surface area contributed by atoms with Gasteiger partial charge in [0.2, 0.25) is 0 Å². The van der Waals surface area contributed by atoms with Crippen molar-refractivity contribution in [1.29, 1.82) is 0 Å². The van der Waals surface area contributed by atoms with Crippen LogP contribution in [-0.4, -0.2) is 15.5 Å². The second kappa shape index (κ2) is 5.87. The average molecular weight is 312 g/mol. The number of nitrogens with one attached hydrogen (secondary N) is 2. The molecule has 0 atom stereocenters. The van der Waals surface area contributed by atoms with E-state index in [1.54, 1.807) is 20.9 Å². The first-order valence-corrected chi connectivity index (χ1v) is 7.84. The van der Waals surface area contributed by atoms with Gasteiger partial charge in [0.25, 0.3) is 10.0 Å². The van der Waals surface area contributed by atoms with E-state index in [0.29, 0.717) is 29.3 Å². The molecule has 0 bridgehead atoms. The largest absolute Gasteiger partial charge is 0.464 e. The summed E-state index contributed by atoms with van der Waals surface area (Å²) >= 11 is 0. The Hall–Kier alpha value is -1.86. The number of aryl methyl sites for hydroxylation is 2. The van der Waals surface area contributed by atoms with Crippen LogP contribution in [-0.2, 0) is 16.6 Å². The first kappa shape index (κ1) is 15.5. The zero-order valence-corrected chi connectivity index (χ0v) is 12.8. The lowest BCUT2D eigenvalue weighted by Crippen LogP contribution is -2.13. The summed E-state index contributed by atoms with van der Waals surface area (Å²) in [6.45, 7) is 3.59. The number of hydrogen-bond donors (Lipinski definition) is 2. The smallest absolute Gasteiger partial charge is 0.265 e. The highest BCUT2D eigenvalue weighted by molar-refractivity contribution is 7.92. The normalized spacial score (nSPS) is 11.6. The van der Waals surface area contributed by atoms with Gasteiger partial charge in [-0.3, -0.25) is 4.72 Å². The quantitative estimate of drug-likeness (QED) is 0.890. The molecule has 0 aliphatic carbocycles. The fraction of sp³-hybridized carbons (Fsp3) is 0.286. The molecule has 0 aliphatic rings. The fourth-order valence-corrected chi connectivity index (χ4v) is 3.22. The van der Waals surface area contributed by atoms with Crippen LogP contribution in [0.15, 0.2) is 33.6 Å². The summed E-state index contributed by atoms with van der Waals surface area (Å²) in [6.07, 6.45) is 0. The van der Waals surface area contributed by atoms with Gasteiger partial charge in [-0.2, -0.15) is 0 Å². The fourth-order valence-electron chi connectivity index (χ4n) is 1.97. The van der Waals surface area contributed by atoms with E-state index in [1.807, 2.05) is 0 Å². The molecule has 1 aromatic heterocycles. The van der Waals surface area contributed by atoms with E-state index in [4.69, 9.17) is 4.42 Å². The van der Waals surface area contributed by atoms with E-state index < -0.39 is 10.0 Å². The van der Waals surface area contributed by atoms with Crippen LogP contribution in [0.5, 0.6) is 0 Å². The van der Waals surface area contributed by atoms with Gasteiger partial charge >= 0.3 is 0 Å². The van der Waals surface area contributed by atoms with Gasteiger partial charge in [0, 0.05) is 11.8 Å². The molecule has 0 saturated heterocycles. The molecule has 0 radical (unpaired) electrons. The summed E-state index contributed by atoms with van der Waals surface area (Å²) in [7, 11) is -2.02. The lowest BCUT2D eigenvalue weighted by atomic mass is 10.2. The Morgan fingerprint density at radius 1 is 1.24 bits per heavy atom. The first-order valence-electron chi connectivity index (χ1n) is 6.36. The highest BCUT2D eigenvalue weighted by Gasteiger charge is 2.21. The van der Waals surface area contributed by atoms with Crippen molar-refractivity contribution in [2.75, 3.05) is 11.8 Å². The Bertz CT molecular complexity index is 754. The molecular formula is C14H17FN2O3S. The number of benzene rings is 1. The van der Waals surface area contributed by atoms with Gasteiger partial charge in [-0.1, -0.05) is 0 Å². The van der Waals surface area contributed by atoms with Gasteiger partial charge in [-0.05, 0) is 44.7 Å². The monoisotopic (exact) mass is 312 g/mol. The van der Waals surface area contributed by atoms with Crippen LogP contribution in [0.2, 0.25) is 0 Å². The summed E-state index contributed by atoms with van der Waals surface area (Å²) in [5.41, 5.74) is 0.680. The van der Waals surface area contributed by atoms with Gasteiger partial charge in [0.05, 0.1) is 6.54 Å². The molecular weight excluding hydrogens is 295 g/mol. The van der Waals surface area contributed by atoms with Crippen LogP contribution in [0, 0.1) is 19.7 Å². The molecule has 0 aliphatic heterocycles. The third-order valence-electron chi connectivity index (χ3n) is 2.97. The molecule has 0 amide bonds. The summed E-state index contributed by atoms with van der Waals surface area (Å²) < 4.78 is 45.7. The number of sulfonamides is 1. The van der Waals surface area contributed by atoms with E-state index in [0.717, 1.165) is 0 Å². The second-order valence-corrected chi connectivity index (χ2v) is 6.38. The molecule has 114 valence electrons. The maximum absolute atomic E-state index is 13.2. The second-order valence-electron chi connectivity index (χ2n) is 4.73.